The summed E-state index contributed by atoms with van der Waals surface area (Å²) in [6.07, 6.45) is 0.999. The lowest BCUT2D eigenvalue weighted by Gasteiger charge is -2.16. The smallest absolute Gasteiger partial charge is 0.126 e. The molecule has 1 heterocycles. The van der Waals surface area contributed by atoms with Crippen molar-refractivity contribution in [2.75, 3.05) is 24.8 Å². The van der Waals surface area contributed by atoms with Gasteiger partial charge < -0.3 is 15.8 Å². The summed E-state index contributed by atoms with van der Waals surface area (Å²) in [5.74, 6) is 0.852. The average molecular weight is 209 g/mol. The maximum absolute atomic E-state index is 5.70. The topological polar surface area (TPSA) is 60.2 Å². The van der Waals surface area contributed by atoms with Gasteiger partial charge in [0.25, 0.3) is 0 Å². The Morgan fingerprint density at radius 3 is 2.80 bits per heavy atom. The van der Waals surface area contributed by atoms with Crippen molar-refractivity contribution in [2.45, 2.75) is 26.3 Å². The maximum atomic E-state index is 5.70. The number of ether oxygens (including phenoxy) is 1. The molecule has 0 fully saturated rings. The van der Waals surface area contributed by atoms with Gasteiger partial charge >= 0.3 is 0 Å². The molecule has 1 aromatic rings. The van der Waals surface area contributed by atoms with Crippen LogP contribution in [0.3, 0.4) is 0 Å². The highest BCUT2D eigenvalue weighted by molar-refractivity contribution is 5.49. The van der Waals surface area contributed by atoms with Gasteiger partial charge in [-0.15, -0.1) is 0 Å². The largest absolute Gasteiger partial charge is 0.397 e. The average Bonchev–Trinajstić information content (AvgIpc) is 2.23. The van der Waals surface area contributed by atoms with Crippen LogP contribution in [0.5, 0.6) is 0 Å². The van der Waals surface area contributed by atoms with Crippen LogP contribution in [-0.2, 0) is 4.74 Å². The number of hydrogen-bond acceptors (Lipinski definition) is 4. The Kier molecular flexibility index (Phi) is 4.37. The van der Waals surface area contributed by atoms with Crippen LogP contribution in [0.4, 0.5) is 11.5 Å². The number of nitrogen functional groups attached to an aromatic ring is 1. The number of methoxy groups -OCH3 is 1. The Balaban J connectivity index is 2.66. The zero-order valence-corrected chi connectivity index (χ0v) is 9.58. The fourth-order valence-corrected chi connectivity index (χ4v) is 1.32. The monoisotopic (exact) mass is 209 g/mol. The van der Waals surface area contributed by atoms with Crippen LogP contribution in [-0.4, -0.2) is 24.7 Å². The molecule has 0 saturated carbocycles. The van der Waals surface area contributed by atoms with E-state index in [0.29, 0.717) is 12.6 Å². The van der Waals surface area contributed by atoms with Crippen molar-refractivity contribution in [3.8, 4) is 0 Å². The molecule has 15 heavy (non-hydrogen) atoms. The third kappa shape index (κ3) is 3.40. The van der Waals surface area contributed by atoms with Crippen LogP contribution < -0.4 is 11.1 Å². The first-order chi connectivity index (χ1) is 7.17. The number of pyridine rings is 1. The molecule has 84 valence electrons. The predicted octanol–water partition coefficient (Wildman–Crippen LogP) is 1.81. The van der Waals surface area contributed by atoms with E-state index in [0.717, 1.165) is 23.6 Å². The molecule has 0 aromatic carbocycles. The molecule has 0 aliphatic carbocycles. The molecule has 4 nitrogen and oxygen atoms in total. The molecule has 1 aromatic heterocycles. The van der Waals surface area contributed by atoms with Gasteiger partial charge in [0.15, 0.2) is 0 Å². The van der Waals surface area contributed by atoms with Gasteiger partial charge in [-0.3, -0.25) is 0 Å². The van der Waals surface area contributed by atoms with Crippen LogP contribution in [0.15, 0.2) is 12.1 Å². The fourth-order valence-electron chi connectivity index (χ4n) is 1.32. The van der Waals surface area contributed by atoms with Crippen LogP contribution >= 0.6 is 0 Å². The minimum Gasteiger partial charge on any atom is -0.397 e. The van der Waals surface area contributed by atoms with E-state index in [9.17, 15) is 0 Å². The van der Waals surface area contributed by atoms with Gasteiger partial charge in [-0.05, 0) is 25.5 Å². The van der Waals surface area contributed by atoms with Crippen molar-refractivity contribution >= 4 is 11.5 Å². The van der Waals surface area contributed by atoms with Gasteiger partial charge in [-0.2, -0.15) is 0 Å². The molecule has 0 radical (unpaired) electrons. The normalized spacial score (nSPS) is 12.5. The molecule has 1 unspecified atom stereocenters. The summed E-state index contributed by atoms with van der Waals surface area (Å²) >= 11 is 0. The number of hydrogen-bond donors (Lipinski definition) is 2. The minimum atomic E-state index is 0.297. The molecule has 0 bridgehead atoms. The van der Waals surface area contributed by atoms with Crippen molar-refractivity contribution in [1.29, 1.82) is 0 Å². The van der Waals surface area contributed by atoms with Crippen LogP contribution in [0.25, 0.3) is 0 Å². The number of anilines is 2. The van der Waals surface area contributed by atoms with Gasteiger partial charge in [-0.25, -0.2) is 4.98 Å². The first-order valence-electron chi connectivity index (χ1n) is 5.16. The van der Waals surface area contributed by atoms with Crippen molar-refractivity contribution in [3.63, 3.8) is 0 Å². The maximum Gasteiger partial charge on any atom is 0.126 e. The number of nitrogens with zero attached hydrogens (tertiary/aromatic N) is 1. The highest BCUT2D eigenvalue weighted by atomic mass is 16.5. The zero-order chi connectivity index (χ0) is 11.3. The van der Waals surface area contributed by atoms with Crippen molar-refractivity contribution in [3.05, 3.63) is 17.8 Å². The molecule has 0 aliphatic rings. The first-order valence-corrected chi connectivity index (χ1v) is 5.16. The minimum absolute atomic E-state index is 0.297. The first kappa shape index (κ1) is 11.8. The molecular weight excluding hydrogens is 190 g/mol. The summed E-state index contributed by atoms with van der Waals surface area (Å²) in [5.41, 5.74) is 7.27. The Morgan fingerprint density at radius 2 is 2.27 bits per heavy atom. The van der Waals surface area contributed by atoms with Crippen LogP contribution in [0.2, 0.25) is 0 Å². The van der Waals surface area contributed by atoms with E-state index >= 15 is 0 Å². The zero-order valence-electron chi connectivity index (χ0n) is 9.58. The van der Waals surface area contributed by atoms with E-state index in [2.05, 4.69) is 17.2 Å². The van der Waals surface area contributed by atoms with E-state index in [1.807, 2.05) is 19.1 Å². The summed E-state index contributed by atoms with van der Waals surface area (Å²) in [5, 5.41) is 3.31. The summed E-state index contributed by atoms with van der Waals surface area (Å²) in [4.78, 5) is 4.35. The highest BCUT2D eigenvalue weighted by Gasteiger charge is 2.06. The highest BCUT2D eigenvalue weighted by Crippen LogP contribution is 2.13. The van der Waals surface area contributed by atoms with Gasteiger partial charge in [-0.1, -0.05) is 6.92 Å². The van der Waals surface area contributed by atoms with E-state index in [4.69, 9.17) is 10.5 Å². The molecule has 1 atom stereocenters. The number of aromatic nitrogens is 1. The molecule has 0 aliphatic heterocycles. The third-order valence-electron chi connectivity index (χ3n) is 2.34. The van der Waals surface area contributed by atoms with Crippen LogP contribution in [0, 0.1) is 6.92 Å². The lowest BCUT2D eigenvalue weighted by atomic mass is 10.2. The number of rotatable bonds is 5. The number of aryl methyl sites for hydroxylation is 1. The Bertz CT molecular complexity index is 315. The van der Waals surface area contributed by atoms with Gasteiger partial charge in [0.2, 0.25) is 0 Å². The molecule has 1 rings (SSSR count). The van der Waals surface area contributed by atoms with Crippen molar-refractivity contribution in [1.82, 2.24) is 4.98 Å². The van der Waals surface area contributed by atoms with E-state index in [1.54, 1.807) is 7.11 Å². The second kappa shape index (κ2) is 5.56. The SMILES string of the molecule is CCC(COC)Nc1ccc(N)c(C)n1. The quantitative estimate of drug-likeness (QED) is 0.776. The second-order valence-corrected chi connectivity index (χ2v) is 3.58. The predicted molar refractivity (Wildman–Crippen MR) is 63.0 cm³/mol. The van der Waals surface area contributed by atoms with Crippen molar-refractivity contribution in [2.24, 2.45) is 0 Å². The lowest BCUT2D eigenvalue weighted by Crippen LogP contribution is -2.24. The summed E-state index contributed by atoms with van der Waals surface area (Å²) in [6.45, 7) is 4.69. The summed E-state index contributed by atoms with van der Waals surface area (Å²) in [6, 6.07) is 4.05. The van der Waals surface area contributed by atoms with Crippen molar-refractivity contribution < 1.29 is 4.74 Å². The van der Waals surface area contributed by atoms with Crippen LogP contribution in [0.1, 0.15) is 19.0 Å². The fraction of sp³-hybridized carbons (Fsp3) is 0.545. The third-order valence-corrected chi connectivity index (χ3v) is 2.34. The number of nitrogens with one attached hydrogen (secondary N) is 1. The van der Waals surface area contributed by atoms with E-state index < -0.39 is 0 Å². The lowest BCUT2D eigenvalue weighted by molar-refractivity contribution is 0.184. The summed E-state index contributed by atoms with van der Waals surface area (Å²) in [7, 11) is 1.70. The molecule has 4 heteroatoms. The summed E-state index contributed by atoms with van der Waals surface area (Å²) < 4.78 is 5.11. The Hall–Kier alpha value is -1.29. The van der Waals surface area contributed by atoms with Gasteiger partial charge in [0.05, 0.1) is 24.0 Å². The Labute approximate surface area is 90.8 Å². The molecule has 0 spiro atoms. The molecule has 0 amide bonds. The number of nitrogens with two attached hydrogens (primary N) is 1. The molecular formula is C11H19N3O. The molecule has 0 saturated heterocycles. The standard InChI is InChI=1S/C11H19N3O/c1-4-9(7-15-3)14-11-6-5-10(12)8(2)13-11/h5-6,9H,4,7,12H2,1-3H3,(H,13,14). The Morgan fingerprint density at radius 1 is 1.53 bits per heavy atom. The van der Waals surface area contributed by atoms with E-state index in [-0.39, 0.29) is 0 Å². The second-order valence-electron chi connectivity index (χ2n) is 3.58. The van der Waals surface area contributed by atoms with E-state index in [1.165, 1.54) is 0 Å². The van der Waals surface area contributed by atoms with Gasteiger partial charge in [0.1, 0.15) is 5.82 Å². The molecule has 3 N–H and O–H groups in total. The van der Waals surface area contributed by atoms with Gasteiger partial charge in [0, 0.05) is 7.11 Å².